The van der Waals surface area contributed by atoms with Gasteiger partial charge in [0.25, 0.3) is 11.6 Å². The number of amides is 2. The molecule has 1 N–H and O–H groups in total. The molecular formula is C23H25ClN6O4S2. The number of nitrogens with zero attached hydrogens (tertiary/aromatic N) is 5. The van der Waals surface area contributed by atoms with E-state index >= 15 is 0 Å². The maximum atomic E-state index is 13.1. The molecule has 2 amide bonds. The highest BCUT2D eigenvalue weighted by atomic mass is 35.5. The third kappa shape index (κ3) is 5.36. The maximum absolute atomic E-state index is 13.1. The maximum Gasteiger partial charge on any atom is 0.270 e. The average molecular weight is 549 g/mol. The number of benzene rings is 1. The number of anilines is 1. The van der Waals surface area contributed by atoms with Gasteiger partial charge in [0.1, 0.15) is 9.88 Å². The Hall–Kier alpha value is -2.67. The summed E-state index contributed by atoms with van der Waals surface area (Å²) in [5, 5.41) is 24.9. The summed E-state index contributed by atoms with van der Waals surface area (Å²) in [7, 11) is 0. The number of fused-ring (bicyclic) bond motifs is 1. The van der Waals surface area contributed by atoms with E-state index in [1.165, 1.54) is 42.7 Å². The molecule has 1 saturated carbocycles. The number of carbonyl (C=O) groups excluding carboxylic acids is 2. The Labute approximate surface area is 220 Å². The predicted octanol–water partition coefficient (Wildman–Crippen LogP) is 4.76. The number of hydrogen-bond acceptors (Lipinski definition) is 9. The Morgan fingerprint density at radius 1 is 1.11 bits per heavy atom. The summed E-state index contributed by atoms with van der Waals surface area (Å²) in [5.74, 6) is 0.115. The molecular weight excluding hydrogens is 524 g/mol. The molecule has 1 aliphatic heterocycles. The van der Waals surface area contributed by atoms with Gasteiger partial charge in [-0.05, 0) is 18.9 Å². The number of rotatable bonds is 6. The Morgan fingerprint density at radius 3 is 2.58 bits per heavy atom. The van der Waals surface area contributed by atoms with Crippen LogP contribution in [0.2, 0.25) is 5.02 Å². The lowest BCUT2D eigenvalue weighted by Gasteiger charge is -2.34. The smallest absolute Gasteiger partial charge is 0.270 e. The molecule has 1 saturated heterocycles. The van der Waals surface area contributed by atoms with Gasteiger partial charge in [-0.15, -0.1) is 21.5 Å². The highest BCUT2D eigenvalue weighted by Crippen LogP contribution is 2.38. The minimum absolute atomic E-state index is 0.0370. The van der Waals surface area contributed by atoms with Crippen molar-refractivity contribution in [1.29, 1.82) is 0 Å². The normalized spacial score (nSPS) is 17.4. The number of piperazine rings is 1. The molecule has 190 valence electrons. The quantitative estimate of drug-likeness (QED) is 0.348. The van der Waals surface area contributed by atoms with E-state index in [1.807, 2.05) is 4.90 Å². The largest absolute Gasteiger partial charge is 0.335 e. The molecule has 2 aliphatic rings. The van der Waals surface area contributed by atoms with Gasteiger partial charge in [-0.25, -0.2) is 0 Å². The van der Waals surface area contributed by atoms with E-state index in [0.29, 0.717) is 57.2 Å². The lowest BCUT2D eigenvalue weighted by Crippen LogP contribution is -2.50. The number of thiophene rings is 1. The number of hydrogen-bond donors (Lipinski definition) is 1. The zero-order valence-corrected chi connectivity index (χ0v) is 21.8. The fourth-order valence-electron chi connectivity index (χ4n) is 4.72. The number of halogens is 1. The molecule has 2 fully saturated rings. The van der Waals surface area contributed by atoms with Crippen molar-refractivity contribution in [2.75, 3.05) is 38.0 Å². The molecule has 0 radical (unpaired) electrons. The zero-order valence-electron chi connectivity index (χ0n) is 19.4. The van der Waals surface area contributed by atoms with Crippen molar-refractivity contribution >= 4 is 67.0 Å². The number of non-ortho nitro benzene ring substituents is 1. The summed E-state index contributed by atoms with van der Waals surface area (Å²) in [6.45, 7) is 2.24. The Morgan fingerprint density at radius 2 is 1.86 bits per heavy atom. The first-order valence-electron chi connectivity index (χ1n) is 11.9. The van der Waals surface area contributed by atoms with Crippen molar-refractivity contribution in [1.82, 2.24) is 20.0 Å². The van der Waals surface area contributed by atoms with Crippen LogP contribution in [0.5, 0.6) is 0 Å². The summed E-state index contributed by atoms with van der Waals surface area (Å²) >= 11 is 9.08. The Balaban J connectivity index is 1.14. The van der Waals surface area contributed by atoms with Crippen molar-refractivity contribution in [3.8, 4) is 0 Å². The first kappa shape index (κ1) is 25.0. The molecule has 0 spiro atoms. The summed E-state index contributed by atoms with van der Waals surface area (Å²) in [6.07, 6.45) is 5.99. The van der Waals surface area contributed by atoms with Crippen LogP contribution in [0.3, 0.4) is 0 Å². The van der Waals surface area contributed by atoms with Crippen LogP contribution in [0.4, 0.5) is 10.8 Å². The monoisotopic (exact) mass is 548 g/mol. The van der Waals surface area contributed by atoms with Crippen molar-refractivity contribution in [3.05, 3.63) is 43.2 Å². The van der Waals surface area contributed by atoms with Gasteiger partial charge >= 0.3 is 0 Å². The predicted molar refractivity (Wildman–Crippen MR) is 140 cm³/mol. The van der Waals surface area contributed by atoms with Crippen LogP contribution in [0.25, 0.3) is 10.1 Å². The summed E-state index contributed by atoms with van der Waals surface area (Å²) in [6, 6.07) is 4.41. The summed E-state index contributed by atoms with van der Waals surface area (Å²) < 4.78 is 0.608. The first-order chi connectivity index (χ1) is 17.4. The SMILES string of the molecule is O=C(CN1CCN(C(=O)c2sc3cc([N+](=O)[O-])ccc3c2Cl)CC1)Nc1nnc(C2CCCCC2)s1. The van der Waals surface area contributed by atoms with E-state index in [2.05, 4.69) is 15.5 Å². The van der Waals surface area contributed by atoms with Gasteiger partial charge < -0.3 is 4.90 Å². The minimum Gasteiger partial charge on any atom is -0.335 e. The van der Waals surface area contributed by atoms with E-state index < -0.39 is 4.92 Å². The van der Waals surface area contributed by atoms with E-state index in [9.17, 15) is 19.7 Å². The first-order valence-corrected chi connectivity index (χ1v) is 13.9. The third-order valence-corrected chi connectivity index (χ3v) is 9.33. The van der Waals surface area contributed by atoms with Crippen LogP contribution < -0.4 is 5.32 Å². The molecule has 0 atom stereocenters. The summed E-state index contributed by atoms with van der Waals surface area (Å²) in [5.41, 5.74) is -0.0370. The second kappa shape index (κ2) is 10.8. The number of carbonyl (C=O) groups is 2. The number of aromatic nitrogens is 2. The number of nitro benzene ring substituents is 1. The lowest BCUT2D eigenvalue weighted by molar-refractivity contribution is -0.384. The molecule has 13 heteroatoms. The molecule has 5 rings (SSSR count). The van der Waals surface area contributed by atoms with E-state index in [4.69, 9.17) is 11.6 Å². The molecule has 3 aromatic rings. The van der Waals surface area contributed by atoms with Gasteiger partial charge in [0.05, 0.1) is 16.5 Å². The van der Waals surface area contributed by atoms with Crippen molar-refractivity contribution in [3.63, 3.8) is 0 Å². The van der Waals surface area contributed by atoms with Crippen molar-refractivity contribution in [2.24, 2.45) is 0 Å². The van der Waals surface area contributed by atoms with E-state index in [-0.39, 0.29) is 24.0 Å². The van der Waals surface area contributed by atoms with Crippen LogP contribution in [0.15, 0.2) is 18.2 Å². The second-order valence-corrected chi connectivity index (χ2v) is 11.5. The van der Waals surface area contributed by atoms with E-state index in [0.717, 1.165) is 29.2 Å². The lowest BCUT2D eigenvalue weighted by atomic mass is 9.90. The summed E-state index contributed by atoms with van der Waals surface area (Å²) in [4.78, 5) is 40.4. The third-order valence-electron chi connectivity index (χ3n) is 6.69. The molecule has 1 aliphatic carbocycles. The van der Waals surface area contributed by atoms with Gasteiger partial charge in [-0.1, -0.05) is 42.2 Å². The van der Waals surface area contributed by atoms with Gasteiger partial charge in [0, 0.05) is 54.3 Å². The highest BCUT2D eigenvalue weighted by molar-refractivity contribution is 7.21. The standard InChI is InChI=1S/C23H25ClN6O4S2/c24-19-16-7-6-15(30(33)34)12-17(16)35-20(19)22(32)29-10-8-28(9-11-29)13-18(31)25-23-27-26-21(36-23)14-4-2-1-3-5-14/h6-7,12,14H,1-5,8-11,13H2,(H,25,27,31). The fourth-order valence-corrected chi connectivity index (χ4v) is 7.16. The van der Waals surface area contributed by atoms with Gasteiger partial charge in [-0.2, -0.15) is 0 Å². The molecule has 0 unspecified atom stereocenters. The topological polar surface area (TPSA) is 122 Å². The molecule has 10 nitrogen and oxygen atoms in total. The molecule has 3 heterocycles. The van der Waals surface area contributed by atoms with Crippen molar-refractivity contribution in [2.45, 2.75) is 38.0 Å². The molecule has 36 heavy (non-hydrogen) atoms. The Kier molecular flexibility index (Phi) is 7.47. The average Bonchev–Trinajstić information content (AvgIpc) is 3.48. The van der Waals surface area contributed by atoms with Crippen LogP contribution in [-0.4, -0.2) is 69.5 Å². The zero-order chi connectivity index (χ0) is 25.2. The van der Waals surface area contributed by atoms with E-state index in [1.54, 1.807) is 11.0 Å². The molecule has 1 aromatic carbocycles. The van der Waals surface area contributed by atoms with Crippen LogP contribution in [-0.2, 0) is 4.79 Å². The van der Waals surface area contributed by atoms with Crippen molar-refractivity contribution < 1.29 is 14.5 Å². The van der Waals surface area contributed by atoms with Gasteiger partial charge in [-0.3, -0.25) is 29.9 Å². The number of nitro groups is 1. The van der Waals surface area contributed by atoms with Crippen LogP contribution in [0.1, 0.15) is 52.7 Å². The molecule has 2 aromatic heterocycles. The fraction of sp³-hybridized carbons (Fsp3) is 0.478. The van der Waals surface area contributed by atoms with Gasteiger partial charge in [0.2, 0.25) is 11.0 Å². The highest BCUT2D eigenvalue weighted by Gasteiger charge is 2.28. The molecule has 0 bridgehead atoms. The second-order valence-electron chi connectivity index (χ2n) is 9.08. The Bertz CT molecular complexity index is 1300. The number of nitrogens with one attached hydrogen (secondary N) is 1. The van der Waals surface area contributed by atoms with Crippen LogP contribution in [0, 0.1) is 10.1 Å². The minimum atomic E-state index is -0.468. The van der Waals surface area contributed by atoms with Gasteiger partial charge in [0.15, 0.2) is 0 Å². The van der Waals surface area contributed by atoms with Crippen LogP contribution >= 0.6 is 34.3 Å².